The highest BCUT2D eigenvalue weighted by molar-refractivity contribution is 5.67. The van der Waals surface area contributed by atoms with E-state index in [1.807, 2.05) is 0 Å². The van der Waals surface area contributed by atoms with Crippen LogP contribution in [-0.4, -0.2) is 68.7 Å². The van der Waals surface area contributed by atoms with E-state index in [9.17, 15) is 9.59 Å². The van der Waals surface area contributed by atoms with Gasteiger partial charge in [0.05, 0.1) is 13.2 Å². The Bertz CT molecular complexity index is 824. The fourth-order valence-corrected chi connectivity index (χ4v) is 2.39. The Balaban J connectivity index is 1.77. The largest absolute Gasteiger partial charge is 0.461 e. The summed E-state index contributed by atoms with van der Waals surface area (Å²) < 4.78 is 13.0. The average molecular weight is 322 g/mol. The SMILES string of the molecule is Cn1c(=O)c2nc(OCCN3CCOCC3)nnc2n(C)c1=O. The molecule has 1 aliphatic heterocycles. The number of nitrogens with zero attached hydrogens (tertiary/aromatic N) is 6. The molecule has 1 aliphatic rings. The predicted molar refractivity (Wildman–Crippen MR) is 80.6 cm³/mol. The molecule has 0 amide bonds. The minimum atomic E-state index is -0.518. The zero-order chi connectivity index (χ0) is 16.4. The van der Waals surface area contributed by atoms with Crippen LogP contribution < -0.4 is 16.0 Å². The lowest BCUT2D eigenvalue weighted by Crippen LogP contribution is -2.39. The van der Waals surface area contributed by atoms with Gasteiger partial charge in [0.25, 0.3) is 5.56 Å². The maximum Gasteiger partial charge on any atom is 0.336 e. The third kappa shape index (κ3) is 3.08. The van der Waals surface area contributed by atoms with Crippen LogP contribution in [0.3, 0.4) is 0 Å². The second kappa shape index (κ2) is 6.42. The summed E-state index contributed by atoms with van der Waals surface area (Å²) in [5.41, 5.74) is -0.791. The van der Waals surface area contributed by atoms with Crippen LogP contribution in [0.1, 0.15) is 0 Å². The minimum Gasteiger partial charge on any atom is -0.461 e. The Labute approximate surface area is 131 Å². The molecule has 2 aromatic heterocycles. The first kappa shape index (κ1) is 15.6. The number of hydrogen-bond acceptors (Lipinski definition) is 8. The quantitative estimate of drug-likeness (QED) is 0.645. The van der Waals surface area contributed by atoms with Crippen molar-refractivity contribution in [3.8, 4) is 6.01 Å². The lowest BCUT2D eigenvalue weighted by Gasteiger charge is -2.26. The second-order valence-corrected chi connectivity index (χ2v) is 5.27. The number of morpholine rings is 1. The number of hydrogen-bond donors (Lipinski definition) is 0. The number of fused-ring (bicyclic) bond motifs is 1. The summed E-state index contributed by atoms with van der Waals surface area (Å²) in [5, 5.41) is 7.72. The van der Waals surface area contributed by atoms with E-state index < -0.39 is 11.2 Å². The molecule has 10 heteroatoms. The summed E-state index contributed by atoms with van der Waals surface area (Å²) in [5.74, 6) is 0. The number of ether oxygens (including phenoxy) is 2. The molecular formula is C13H18N6O4. The molecule has 1 saturated heterocycles. The first-order valence-corrected chi connectivity index (χ1v) is 7.31. The Hall–Kier alpha value is -2.33. The fourth-order valence-electron chi connectivity index (χ4n) is 2.39. The van der Waals surface area contributed by atoms with Gasteiger partial charge in [-0.25, -0.2) is 4.79 Å². The zero-order valence-corrected chi connectivity index (χ0v) is 13.1. The molecule has 2 aromatic rings. The van der Waals surface area contributed by atoms with Crippen molar-refractivity contribution >= 4 is 11.2 Å². The normalized spacial score (nSPS) is 15.9. The van der Waals surface area contributed by atoms with Gasteiger partial charge in [0.1, 0.15) is 6.61 Å². The summed E-state index contributed by atoms with van der Waals surface area (Å²) in [7, 11) is 2.91. The van der Waals surface area contributed by atoms with Crippen molar-refractivity contribution in [1.82, 2.24) is 29.2 Å². The maximum absolute atomic E-state index is 12.1. The van der Waals surface area contributed by atoms with Gasteiger partial charge in [-0.15, -0.1) is 5.10 Å². The molecule has 0 bridgehead atoms. The van der Waals surface area contributed by atoms with Gasteiger partial charge in [-0.3, -0.25) is 18.8 Å². The van der Waals surface area contributed by atoms with Crippen LogP contribution in [0.15, 0.2) is 9.59 Å². The van der Waals surface area contributed by atoms with Gasteiger partial charge in [0, 0.05) is 33.7 Å². The van der Waals surface area contributed by atoms with Crippen molar-refractivity contribution in [2.75, 3.05) is 39.5 Å². The molecule has 0 atom stereocenters. The predicted octanol–water partition coefficient (Wildman–Crippen LogP) is -1.87. The zero-order valence-electron chi connectivity index (χ0n) is 13.1. The molecule has 0 radical (unpaired) electrons. The molecule has 1 fully saturated rings. The first-order chi connectivity index (χ1) is 11.1. The molecule has 0 aliphatic carbocycles. The van der Waals surface area contributed by atoms with Crippen molar-refractivity contribution in [2.24, 2.45) is 14.1 Å². The molecule has 23 heavy (non-hydrogen) atoms. The molecule has 0 spiro atoms. The molecule has 0 saturated carbocycles. The van der Waals surface area contributed by atoms with E-state index in [2.05, 4.69) is 20.1 Å². The van der Waals surface area contributed by atoms with Gasteiger partial charge in [-0.1, -0.05) is 5.10 Å². The third-order valence-electron chi connectivity index (χ3n) is 3.79. The van der Waals surface area contributed by atoms with Crippen LogP contribution in [0.2, 0.25) is 0 Å². The topological polar surface area (TPSA) is 104 Å². The van der Waals surface area contributed by atoms with Crippen LogP contribution in [0.25, 0.3) is 11.2 Å². The smallest absolute Gasteiger partial charge is 0.336 e. The molecule has 0 N–H and O–H groups in total. The highest BCUT2D eigenvalue weighted by Gasteiger charge is 2.14. The van der Waals surface area contributed by atoms with Crippen molar-refractivity contribution in [3.05, 3.63) is 20.8 Å². The third-order valence-corrected chi connectivity index (χ3v) is 3.79. The van der Waals surface area contributed by atoms with E-state index in [1.165, 1.54) is 18.7 Å². The van der Waals surface area contributed by atoms with Gasteiger partial charge in [-0.2, -0.15) is 4.98 Å². The Kier molecular flexibility index (Phi) is 4.35. The number of aryl methyl sites for hydroxylation is 1. The van der Waals surface area contributed by atoms with Gasteiger partial charge in [-0.05, 0) is 0 Å². The van der Waals surface area contributed by atoms with Crippen LogP contribution >= 0.6 is 0 Å². The van der Waals surface area contributed by atoms with E-state index in [-0.39, 0.29) is 17.2 Å². The molecule has 124 valence electrons. The standard InChI is InChI=1S/C13H18N6O4/c1-17-10-9(11(20)18(2)13(17)21)14-12(16-15-10)23-8-5-19-3-6-22-7-4-19/h3-8H2,1-2H3. The van der Waals surface area contributed by atoms with Crippen molar-refractivity contribution < 1.29 is 9.47 Å². The van der Waals surface area contributed by atoms with E-state index in [0.29, 0.717) is 6.61 Å². The Morgan fingerprint density at radius 3 is 2.61 bits per heavy atom. The van der Waals surface area contributed by atoms with E-state index in [1.54, 1.807) is 0 Å². The van der Waals surface area contributed by atoms with Crippen molar-refractivity contribution in [2.45, 2.75) is 0 Å². The summed E-state index contributed by atoms with van der Waals surface area (Å²) in [6, 6.07) is 0.0292. The lowest BCUT2D eigenvalue weighted by molar-refractivity contribution is 0.0316. The molecule has 3 heterocycles. The molecule has 3 rings (SSSR count). The second-order valence-electron chi connectivity index (χ2n) is 5.27. The van der Waals surface area contributed by atoms with E-state index >= 15 is 0 Å². The van der Waals surface area contributed by atoms with Gasteiger partial charge in [0.15, 0.2) is 11.2 Å². The van der Waals surface area contributed by atoms with Gasteiger partial charge in [0.2, 0.25) is 0 Å². The fraction of sp³-hybridized carbons (Fsp3) is 0.615. The molecule has 0 aromatic carbocycles. The first-order valence-electron chi connectivity index (χ1n) is 7.31. The Morgan fingerprint density at radius 1 is 1.13 bits per heavy atom. The monoisotopic (exact) mass is 322 g/mol. The molecule has 10 nitrogen and oxygen atoms in total. The van der Waals surface area contributed by atoms with Crippen molar-refractivity contribution in [1.29, 1.82) is 0 Å². The summed E-state index contributed by atoms with van der Waals surface area (Å²) >= 11 is 0. The van der Waals surface area contributed by atoms with E-state index in [4.69, 9.17) is 9.47 Å². The van der Waals surface area contributed by atoms with Crippen LogP contribution in [0.4, 0.5) is 0 Å². The molecular weight excluding hydrogens is 304 g/mol. The van der Waals surface area contributed by atoms with Gasteiger partial charge < -0.3 is 9.47 Å². The summed E-state index contributed by atoms with van der Waals surface area (Å²) in [4.78, 5) is 30.2. The summed E-state index contributed by atoms with van der Waals surface area (Å²) in [6.45, 7) is 4.27. The lowest BCUT2D eigenvalue weighted by atomic mass is 10.4. The van der Waals surface area contributed by atoms with Crippen LogP contribution in [0.5, 0.6) is 6.01 Å². The average Bonchev–Trinajstić information content (AvgIpc) is 2.59. The maximum atomic E-state index is 12.1. The van der Waals surface area contributed by atoms with Crippen LogP contribution in [-0.2, 0) is 18.8 Å². The Morgan fingerprint density at radius 2 is 1.87 bits per heavy atom. The van der Waals surface area contributed by atoms with E-state index in [0.717, 1.165) is 37.4 Å². The summed E-state index contributed by atoms with van der Waals surface area (Å²) in [6.07, 6.45) is 0. The van der Waals surface area contributed by atoms with Gasteiger partial charge >= 0.3 is 11.7 Å². The minimum absolute atomic E-state index is 0.0292. The number of rotatable bonds is 4. The van der Waals surface area contributed by atoms with Crippen LogP contribution in [0, 0.1) is 0 Å². The highest BCUT2D eigenvalue weighted by atomic mass is 16.5. The molecule has 0 unspecified atom stereocenters. The van der Waals surface area contributed by atoms with Crippen molar-refractivity contribution in [3.63, 3.8) is 0 Å². The highest BCUT2D eigenvalue weighted by Crippen LogP contribution is 2.05. The number of aromatic nitrogens is 5.